The molecule has 2 N–H and O–H groups in total. The van der Waals surface area contributed by atoms with E-state index in [0.717, 1.165) is 11.1 Å². The molecule has 0 radical (unpaired) electrons. The molecule has 0 aliphatic carbocycles. The third-order valence-electron chi connectivity index (χ3n) is 3.18. The maximum atomic E-state index is 11.8. The number of carbonyl (C=O) groups excluding carboxylic acids is 1. The van der Waals surface area contributed by atoms with Crippen molar-refractivity contribution in [3.63, 3.8) is 0 Å². The molecule has 0 saturated heterocycles. The predicted molar refractivity (Wildman–Crippen MR) is 83.5 cm³/mol. The van der Waals surface area contributed by atoms with E-state index in [-0.39, 0.29) is 18.1 Å². The van der Waals surface area contributed by atoms with Crippen LogP contribution in [0.25, 0.3) is 0 Å². The Kier molecular flexibility index (Phi) is 4.72. The van der Waals surface area contributed by atoms with Gasteiger partial charge in [-0.15, -0.1) is 0 Å². The standard InChI is InChI=1S/C17H18N2O2/c1-12-7-8-14(13(2)9-12)10-17(21)19-18-11-15-5-3-4-6-16(15)20/h3-9,11,20H,10H2,1-2H3,(H,19,21)/b18-11+. The van der Waals surface area contributed by atoms with Crippen LogP contribution in [0.3, 0.4) is 0 Å². The van der Waals surface area contributed by atoms with Crippen LogP contribution in [0.15, 0.2) is 47.6 Å². The topological polar surface area (TPSA) is 61.7 Å². The summed E-state index contributed by atoms with van der Waals surface area (Å²) in [7, 11) is 0. The Morgan fingerprint density at radius 1 is 1.24 bits per heavy atom. The first-order valence-electron chi connectivity index (χ1n) is 6.72. The van der Waals surface area contributed by atoms with Gasteiger partial charge in [-0.3, -0.25) is 4.79 Å². The Morgan fingerprint density at radius 3 is 2.71 bits per heavy atom. The number of aryl methyl sites for hydroxylation is 2. The lowest BCUT2D eigenvalue weighted by molar-refractivity contribution is -0.120. The van der Waals surface area contributed by atoms with Crippen LogP contribution in [0, 0.1) is 13.8 Å². The predicted octanol–water partition coefficient (Wildman–Crippen LogP) is 2.70. The van der Waals surface area contributed by atoms with Gasteiger partial charge < -0.3 is 5.11 Å². The highest BCUT2D eigenvalue weighted by molar-refractivity contribution is 5.85. The lowest BCUT2D eigenvalue weighted by Gasteiger charge is -2.05. The second-order valence-corrected chi connectivity index (χ2v) is 4.96. The number of nitrogens with one attached hydrogen (secondary N) is 1. The first kappa shape index (κ1) is 14.8. The minimum Gasteiger partial charge on any atom is -0.507 e. The van der Waals surface area contributed by atoms with Crippen LogP contribution in [-0.4, -0.2) is 17.2 Å². The molecule has 0 aliphatic rings. The Balaban J connectivity index is 1.95. The third kappa shape index (κ3) is 4.18. The summed E-state index contributed by atoms with van der Waals surface area (Å²) in [5, 5.41) is 13.4. The first-order valence-corrected chi connectivity index (χ1v) is 6.72. The fourth-order valence-corrected chi connectivity index (χ4v) is 2.03. The second-order valence-electron chi connectivity index (χ2n) is 4.96. The number of para-hydroxylation sites is 1. The Hall–Kier alpha value is -2.62. The van der Waals surface area contributed by atoms with E-state index in [9.17, 15) is 9.90 Å². The molecule has 4 heteroatoms. The molecule has 21 heavy (non-hydrogen) atoms. The van der Waals surface area contributed by atoms with Crippen LogP contribution in [0.4, 0.5) is 0 Å². The van der Waals surface area contributed by atoms with Gasteiger partial charge in [0, 0.05) is 5.56 Å². The van der Waals surface area contributed by atoms with Crippen LogP contribution in [0.5, 0.6) is 5.75 Å². The molecule has 4 nitrogen and oxygen atoms in total. The van der Waals surface area contributed by atoms with Gasteiger partial charge in [-0.2, -0.15) is 5.10 Å². The third-order valence-corrected chi connectivity index (χ3v) is 3.18. The zero-order valence-electron chi connectivity index (χ0n) is 12.1. The SMILES string of the molecule is Cc1ccc(CC(=O)N/N=C/c2ccccc2O)c(C)c1. The van der Waals surface area contributed by atoms with Gasteiger partial charge in [0.15, 0.2) is 0 Å². The summed E-state index contributed by atoms with van der Waals surface area (Å²) in [6, 6.07) is 12.8. The molecule has 0 aromatic heterocycles. The van der Waals surface area contributed by atoms with E-state index in [1.807, 2.05) is 32.0 Å². The van der Waals surface area contributed by atoms with Gasteiger partial charge in [-0.1, -0.05) is 35.9 Å². The van der Waals surface area contributed by atoms with Crippen molar-refractivity contribution in [2.75, 3.05) is 0 Å². The Bertz CT molecular complexity index is 678. The van der Waals surface area contributed by atoms with E-state index in [2.05, 4.69) is 10.5 Å². The molecule has 0 spiro atoms. The van der Waals surface area contributed by atoms with Gasteiger partial charge in [-0.25, -0.2) is 5.43 Å². The van der Waals surface area contributed by atoms with E-state index in [4.69, 9.17) is 0 Å². The normalized spacial score (nSPS) is 10.8. The van der Waals surface area contributed by atoms with Gasteiger partial charge in [0.25, 0.3) is 0 Å². The highest BCUT2D eigenvalue weighted by atomic mass is 16.3. The van der Waals surface area contributed by atoms with Crippen LogP contribution >= 0.6 is 0 Å². The lowest BCUT2D eigenvalue weighted by Crippen LogP contribution is -2.20. The van der Waals surface area contributed by atoms with Gasteiger partial charge in [0.05, 0.1) is 12.6 Å². The molecule has 0 fully saturated rings. The molecule has 108 valence electrons. The van der Waals surface area contributed by atoms with Crippen LogP contribution in [0.1, 0.15) is 22.3 Å². The average Bonchev–Trinajstić information content (AvgIpc) is 2.44. The van der Waals surface area contributed by atoms with Gasteiger partial charge in [0.1, 0.15) is 5.75 Å². The summed E-state index contributed by atoms with van der Waals surface area (Å²) in [5.41, 5.74) is 6.28. The second kappa shape index (κ2) is 6.70. The van der Waals surface area contributed by atoms with Crippen molar-refractivity contribution >= 4 is 12.1 Å². The highest BCUT2D eigenvalue weighted by Gasteiger charge is 2.05. The molecule has 0 aliphatic heterocycles. The van der Waals surface area contributed by atoms with Crippen molar-refractivity contribution in [1.82, 2.24) is 5.43 Å². The maximum absolute atomic E-state index is 11.8. The number of rotatable bonds is 4. The molecular formula is C17H18N2O2. The van der Waals surface area contributed by atoms with Crippen molar-refractivity contribution in [2.24, 2.45) is 5.10 Å². The number of nitrogens with zero attached hydrogens (tertiary/aromatic N) is 1. The molecule has 0 unspecified atom stereocenters. The number of phenols is 1. The number of hydrazone groups is 1. The van der Waals surface area contributed by atoms with Crippen LogP contribution in [-0.2, 0) is 11.2 Å². The quantitative estimate of drug-likeness (QED) is 0.669. The van der Waals surface area contributed by atoms with E-state index in [0.29, 0.717) is 5.56 Å². The van der Waals surface area contributed by atoms with E-state index in [1.54, 1.807) is 24.3 Å². The summed E-state index contributed by atoms with van der Waals surface area (Å²) in [6.45, 7) is 4.01. The van der Waals surface area contributed by atoms with E-state index >= 15 is 0 Å². The molecule has 0 saturated carbocycles. The number of hydrogen-bond acceptors (Lipinski definition) is 3. The van der Waals surface area contributed by atoms with Crippen LogP contribution < -0.4 is 5.43 Å². The van der Waals surface area contributed by atoms with Gasteiger partial charge >= 0.3 is 0 Å². The summed E-state index contributed by atoms with van der Waals surface area (Å²) in [6.07, 6.45) is 1.71. The van der Waals surface area contributed by atoms with Crippen molar-refractivity contribution in [3.05, 3.63) is 64.7 Å². The van der Waals surface area contributed by atoms with Crippen molar-refractivity contribution in [3.8, 4) is 5.75 Å². The summed E-state index contributed by atoms with van der Waals surface area (Å²) in [5.74, 6) is -0.0569. The van der Waals surface area contributed by atoms with Crippen molar-refractivity contribution in [2.45, 2.75) is 20.3 Å². The molecule has 2 aromatic rings. The van der Waals surface area contributed by atoms with E-state index in [1.165, 1.54) is 11.8 Å². The average molecular weight is 282 g/mol. The Labute approximate surface area is 124 Å². The largest absolute Gasteiger partial charge is 0.507 e. The molecule has 2 rings (SSSR count). The summed E-state index contributed by atoms with van der Waals surface area (Å²) in [4.78, 5) is 11.8. The molecular weight excluding hydrogens is 264 g/mol. The number of aromatic hydroxyl groups is 1. The summed E-state index contributed by atoms with van der Waals surface area (Å²) >= 11 is 0. The molecule has 0 atom stereocenters. The number of carbonyl (C=O) groups is 1. The molecule has 0 bridgehead atoms. The minimum absolute atomic E-state index is 0.130. The smallest absolute Gasteiger partial charge is 0.244 e. The Morgan fingerprint density at radius 2 is 2.00 bits per heavy atom. The minimum atomic E-state index is -0.186. The van der Waals surface area contributed by atoms with Crippen molar-refractivity contribution < 1.29 is 9.90 Å². The zero-order valence-corrected chi connectivity index (χ0v) is 12.1. The van der Waals surface area contributed by atoms with E-state index < -0.39 is 0 Å². The van der Waals surface area contributed by atoms with Crippen LogP contribution in [0.2, 0.25) is 0 Å². The monoisotopic (exact) mass is 282 g/mol. The molecule has 2 aromatic carbocycles. The molecule has 0 heterocycles. The summed E-state index contributed by atoms with van der Waals surface area (Å²) < 4.78 is 0. The number of phenolic OH excluding ortho intramolecular Hbond substituents is 1. The lowest BCUT2D eigenvalue weighted by atomic mass is 10.0. The zero-order chi connectivity index (χ0) is 15.2. The molecule has 1 amide bonds. The van der Waals surface area contributed by atoms with Gasteiger partial charge in [0.2, 0.25) is 5.91 Å². The number of amides is 1. The van der Waals surface area contributed by atoms with Gasteiger partial charge in [-0.05, 0) is 37.1 Å². The van der Waals surface area contributed by atoms with Crippen molar-refractivity contribution in [1.29, 1.82) is 0 Å². The highest BCUT2D eigenvalue weighted by Crippen LogP contribution is 2.13. The first-order chi connectivity index (χ1) is 10.1. The fraction of sp³-hybridized carbons (Fsp3) is 0.176. The fourth-order valence-electron chi connectivity index (χ4n) is 2.03. The number of hydrogen-bond donors (Lipinski definition) is 2. The maximum Gasteiger partial charge on any atom is 0.244 e. The number of benzene rings is 2.